The number of ether oxygens (including phenoxy) is 2. The quantitative estimate of drug-likeness (QED) is 0.193. The van der Waals surface area contributed by atoms with Gasteiger partial charge < -0.3 is 9.47 Å². The van der Waals surface area contributed by atoms with Crippen LogP contribution < -0.4 is 0 Å². The second-order valence-corrected chi connectivity index (χ2v) is 4.88. The third kappa shape index (κ3) is 7.89. The van der Waals surface area contributed by atoms with Crippen molar-refractivity contribution >= 4 is 24.1 Å². The van der Waals surface area contributed by atoms with E-state index < -0.39 is 17.4 Å². The van der Waals surface area contributed by atoms with Gasteiger partial charge in [0.2, 0.25) is 12.2 Å². The Morgan fingerprint density at radius 2 is 1.55 bits per heavy atom. The lowest BCUT2D eigenvalue weighted by Crippen LogP contribution is -2.29. The summed E-state index contributed by atoms with van der Waals surface area (Å²) in [6, 6.07) is 0. The first-order valence-corrected chi connectivity index (χ1v) is 6.44. The van der Waals surface area contributed by atoms with Crippen LogP contribution in [0.4, 0.5) is 0 Å². The highest BCUT2D eigenvalue weighted by molar-refractivity contribution is 5.89. The molecular formula is C14H18N2O6. The Bertz CT molecular complexity index is 513. The zero-order chi connectivity index (χ0) is 17.0. The van der Waals surface area contributed by atoms with E-state index in [0.717, 1.165) is 0 Å². The van der Waals surface area contributed by atoms with Gasteiger partial charge in [0, 0.05) is 5.57 Å². The van der Waals surface area contributed by atoms with Gasteiger partial charge in [-0.25, -0.2) is 24.4 Å². The average Bonchev–Trinajstić information content (AvgIpc) is 2.47. The van der Waals surface area contributed by atoms with Crippen LogP contribution >= 0.6 is 0 Å². The van der Waals surface area contributed by atoms with Crippen molar-refractivity contribution < 1.29 is 28.7 Å². The van der Waals surface area contributed by atoms with Gasteiger partial charge in [0.05, 0.1) is 18.5 Å². The first-order chi connectivity index (χ1) is 10.3. The summed E-state index contributed by atoms with van der Waals surface area (Å²) >= 11 is 0. The fraction of sp³-hybridized carbons (Fsp3) is 0.571. The Morgan fingerprint density at radius 1 is 1.05 bits per heavy atom. The largest absolute Gasteiger partial charge is 0.463 e. The van der Waals surface area contributed by atoms with E-state index in [1.54, 1.807) is 13.8 Å². The van der Waals surface area contributed by atoms with Gasteiger partial charge in [0.15, 0.2) is 0 Å². The number of isocyanates is 2. The molecule has 0 amide bonds. The highest BCUT2D eigenvalue weighted by atomic mass is 16.5. The van der Waals surface area contributed by atoms with Crippen LogP contribution in [0.1, 0.15) is 20.3 Å². The molecule has 0 aliphatic heterocycles. The molecule has 0 aromatic carbocycles. The van der Waals surface area contributed by atoms with Crippen LogP contribution in [-0.2, 0) is 28.7 Å². The van der Waals surface area contributed by atoms with Crippen LogP contribution in [0.5, 0.6) is 0 Å². The maximum absolute atomic E-state index is 11.9. The number of carbonyl (C=O) groups excluding carboxylic acids is 4. The highest BCUT2D eigenvalue weighted by Crippen LogP contribution is 2.26. The van der Waals surface area contributed by atoms with E-state index in [-0.39, 0.29) is 38.3 Å². The molecule has 0 fully saturated rings. The van der Waals surface area contributed by atoms with Crippen LogP contribution in [0.25, 0.3) is 0 Å². The van der Waals surface area contributed by atoms with Crippen LogP contribution in [0.3, 0.4) is 0 Å². The first kappa shape index (κ1) is 19.4. The SMILES string of the molecule is C=C(CC(C)(C)C(=O)OCCN=C=O)C(=O)OCCN=C=O. The Balaban J connectivity index is 4.33. The fourth-order valence-corrected chi connectivity index (χ4v) is 1.43. The molecule has 0 unspecified atom stereocenters. The monoisotopic (exact) mass is 310 g/mol. The van der Waals surface area contributed by atoms with Crippen LogP contribution in [-0.4, -0.2) is 50.4 Å². The van der Waals surface area contributed by atoms with Crippen molar-refractivity contribution in [3.8, 4) is 0 Å². The second-order valence-electron chi connectivity index (χ2n) is 4.88. The molecule has 0 aliphatic carbocycles. The molecule has 0 N–H and O–H groups in total. The summed E-state index contributed by atoms with van der Waals surface area (Å²) in [7, 11) is 0. The highest BCUT2D eigenvalue weighted by Gasteiger charge is 2.32. The van der Waals surface area contributed by atoms with Crippen LogP contribution in [0.15, 0.2) is 22.1 Å². The van der Waals surface area contributed by atoms with Gasteiger partial charge in [-0.15, -0.1) is 0 Å². The summed E-state index contributed by atoms with van der Waals surface area (Å²) in [6.45, 7) is 6.69. The molecule has 0 aromatic rings. The Kier molecular flexibility index (Phi) is 9.02. The van der Waals surface area contributed by atoms with Crippen molar-refractivity contribution in [1.29, 1.82) is 0 Å². The van der Waals surface area contributed by atoms with E-state index in [2.05, 4.69) is 16.6 Å². The minimum Gasteiger partial charge on any atom is -0.463 e. The number of rotatable bonds is 10. The normalized spacial score (nSPS) is 9.91. The summed E-state index contributed by atoms with van der Waals surface area (Å²) < 4.78 is 9.76. The van der Waals surface area contributed by atoms with E-state index in [4.69, 9.17) is 9.47 Å². The summed E-state index contributed by atoms with van der Waals surface area (Å²) in [4.78, 5) is 49.7. The summed E-state index contributed by atoms with van der Waals surface area (Å²) in [5.41, 5.74) is -0.884. The Morgan fingerprint density at radius 3 is 2.05 bits per heavy atom. The molecule has 0 rings (SSSR count). The van der Waals surface area contributed by atoms with E-state index in [1.807, 2.05) is 0 Å². The van der Waals surface area contributed by atoms with Gasteiger partial charge in [-0.05, 0) is 20.3 Å². The molecule has 0 radical (unpaired) electrons. The molecule has 8 nitrogen and oxygen atoms in total. The Labute approximate surface area is 127 Å². The summed E-state index contributed by atoms with van der Waals surface area (Å²) in [5, 5.41) is 0. The van der Waals surface area contributed by atoms with Crippen molar-refractivity contribution in [1.82, 2.24) is 0 Å². The second kappa shape index (κ2) is 10.2. The van der Waals surface area contributed by atoms with Crippen LogP contribution in [0, 0.1) is 5.41 Å². The van der Waals surface area contributed by atoms with E-state index in [9.17, 15) is 19.2 Å². The number of aliphatic imine (C=N–C) groups is 2. The number of carbonyl (C=O) groups is 2. The molecule has 0 heterocycles. The van der Waals surface area contributed by atoms with Crippen molar-refractivity contribution in [2.45, 2.75) is 20.3 Å². The summed E-state index contributed by atoms with van der Waals surface area (Å²) in [6.07, 6.45) is 2.69. The van der Waals surface area contributed by atoms with Crippen molar-refractivity contribution in [2.75, 3.05) is 26.3 Å². The molecule has 0 spiro atoms. The lowest BCUT2D eigenvalue weighted by molar-refractivity contribution is -0.153. The fourth-order valence-electron chi connectivity index (χ4n) is 1.43. The van der Waals surface area contributed by atoms with Gasteiger partial charge in [-0.3, -0.25) is 4.79 Å². The first-order valence-electron chi connectivity index (χ1n) is 6.44. The molecule has 0 saturated carbocycles. The van der Waals surface area contributed by atoms with E-state index in [0.29, 0.717) is 0 Å². The van der Waals surface area contributed by atoms with Gasteiger partial charge in [0.1, 0.15) is 13.2 Å². The van der Waals surface area contributed by atoms with E-state index in [1.165, 1.54) is 12.2 Å². The standard InChI is InChI=1S/C14H18N2O6/c1-11(12(19)21-6-4-15-9-17)8-14(2,3)13(20)22-7-5-16-10-18/h1,4-8H2,2-3H3. The van der Waals surface area contributed by atoms with Crippen molar-refractivity contribution in [3.05, 3.63) is 12.2 Å². The minimum atomic E-state index is -0.984. The molecule has 8 heteroatoms. The number of hydrogen-bond acceptors (Lipinski definition) is 8. The molecular weight excluding hydrogens is 292 g/mol. The molecule has 0 aliphatic rings. The smallest absolute Gasteiger partial charge is 0.333 e. The van der Waals surface area contributed by atoms with Gasteiger partial charge in [-0.1, -0.05) is 6.58 Å². The van der Waals surface area contributed by atoms with Crippen molar-refractivity contribution in [3.63, 3.8) is 0 Å². The number of esters is 2. The average molecular weight is 310 g/mol. The summed E-state index contributed by atoms with van der Waals surface area (Å²) in [5.74, 6) is -1.22. The maximum Gasteiger partial charge on any atom is 0.333 e. The van der Waals surface area contributed by atoms with E-state index >= 15 is 0 Å². The van der Waals surface area contributed by atoms with Crippen molar-refractivity contribution in [2.24, 2.45) is 15.4 Å². The number of hydrogen-bond donors (Lipinski definition) is 0. The lowest BCUT2D eigenvalue weighted by atomic mass is 9.86. The number of nitrogens with zero attached hydrogens (tertiary/aromatic N) is 2. The topological polar surface area (TPSA) is 111 Å². The third-order valence-corrected chi connectivity index (χ3v) is 2.50. The van der Waals surface area contributed by atoms with Gasteiger partial charge in [-0.2, -0.15) is 0 Å². The molecule has 0 aromatic heterocycles. The lowest BCUT2D eigenvalue weighted by Gasteiger charge is -2.22. The van der Waals surface area contributed by atoms with Gasteiger partial charge >= 0.3 is 11.9 Å². The zero-order valence-electron chi connectivity index (χ0n) is 12.6. The zero-order valence-corrected chi connectivity index (χ0v) is 12.6. The molecule has 0 saturated heterocycles. The maximum atomic E-state index is 11.9. The predicted octanol–water partition coefficient (Wildman–Crippen LogP) is 0.717. The Hall–Kier alpha value is -2.56. The predicted molar refractivity (Wildman–Crippen MR) is 75.4 cm³/mol. The molecule has 0 atom stereocenters. The minimum absolute atomic E-state index is 0.0191. The van der Waals surface area contributed by atoms with Gasteiger partial charge in [0.25, 0.3) is 0 Å². The van der Waals surface area contributed by atoms with Crippen LogP contribution in [0.2, 0.25) is 0 Å². The third-order valence-electron chi connectivity index (χ3n) is 2.50. The molecule has 22 heavy (non-hydrogen) atoms. The molecule has 120 valence electrons. The molecule has 0 bridgehead atoms.